The van der Waals surface area contributed by atoms with Gasteiger partial charge in [0.15, 0.2) is 0 Å². The minimum Gasteiger partial charge on any atom is -0.376 e. The molecule has 2 aliphatic rings. The Hall–Kier alpha value is -1.62. The van der Waals surface area contributed by atoms with Crippen LogP contribution in [0.2, 0.25) is 0 Å². The molecule has 1 unspecified atom stereocenters. The lowest BCUT2D eigenvalue weighted by molar-refractivity contribution is 0.0855. The summed E-state index contributed by atoms with van der Waals surface area (Å²) in [4.78, 5) is 25.0. The van der Waals surface area contributed by atoms with Crippen molar-refractivity contribution in [1.82, 2.24) is 9.88 Å². The topological polar surface area (TPSA) is 60.3 Å². The number of hydrogen-bond acceptors (Lipinski definition) is 3. The number of nitrogens with one attached hydrogen (secondary N) is 1. The van der Waals surface area contributed by atoms with Crippen molar-refractivity contribution in [3.8, 4) is 0 Å². The highest BCUT2D eigenvalue weighted by Crippen LogP contribution is 2.34. The van der Waals surface area contributed by atoms with Crippen LogP contribution in [0.5, 0.6) is 0 Å². The number of nitrogens with zero attached hydrogens (tertiary/aromatic N) is 1. The van der Waals surface area contributed by atoms with Gasteiger partial charge in [0.2, 0.25) is 0 Å². The van der Waals surface area contributed by atoms with Crippen LogP contribution in [-0.4, -0.2) is 29.7 Å². The Kier molecular flexibility index (Phi) is 3.85. The highest BCUT2D eigenvalue weighted by Gasteiger charge is 2.29. The largest absolute Gasteiger partial charge is 0.376 e. The fourth-order valence-electron chi connectivity index (χ4n) is 3.07. The second-order valence-electron chi connectivity index (χ2n) is 6.10. The number of carbonyl (C=O) groups excluding carboxylic acids is 1. The highest BCUT2D eigenvalue weighted by molar-refractivity contribution is 5.95. The summed E-state index contributed by atoms with van der Waals surface area (Å²) in [7, 11) is 0. The average Bonchev–Trinajstić information content (AvgIpc) is 3.11. The predicted molar refractivity (Wildman–Crippen MR) is 79.8 cm³/mol. The Bertz CT molecular complexity index is 611. The molecule has 1 aromatic heterocycles. The van der Waals surface area contributed by atoms with E-state index in [2.05, 4.69) is 5.32 Å². The van der Waals surface area contributed by atoms with Gasteiger partial charge in [0, 0.05) is 24.9 Å². The third-order valence-corrected chi connectivity index (χ3v) is 4.29. The molecular weight excluding hydrogens is 268 g/mol. The standard InChI is InChI=1S/C16H22N2O3/c1-10-8-11(2)18(12-5-6-12)16(20)14(10)15(19)17-9-13-4-3-7-21-13/h8,12-13H,3-7,9H2,1-2H3,(H,17,19). The Balaban J connectivity index is 1.81. The van der Waals surface area contributed by atoms with Gasteiger partial charge in [0.25, 0.3) is 11.5 Å². The number of amides is 1. The van der Waals surface area contributed by atoms with E-state index in [4.69, 9.17) is 4.74 Å². The molecule has 1 aliphatic carbocycles. The van der Waals surface area contributed by atoms with Crippen molar-refractivity contribution in [3.05, 3.63) is 33.2 Å². The molecule has 0 spiro atoms. The van der Waals surface area contributed by atoms with Crippen LogP contribution in [0, 0.1) is 13.8 Å². The van der Waals surface area contributed by atoms with Crippen molar-refractivity contribution < 1.29 is 9.53 Å². The van der Waals surface area contributed by atoms with Crippen LogP contribution in [-0.2, 0) is 4.74 Å². The number of hydrogen-bond donors (Lipinski definition) is 1. The lowest BCUT2D eigenvalue weighted by atomic mass is 10.1. The quantitative estimate of drug-likeness (QED) is 0.918. The molecule has 114 valence electrons. The molecule has 1 saturated carbocycles. The van der Waals surface area contributed by atoms with E-state index in [0.29, 0.717) is 6.54 Å². The van der Waals surface area contributed by atoms with Gasteiger partial charge in [-0.05, 0) is 51.2 Å². The van der Waals surface area contributed by atoms with Crippen molar-refractivity contribution in [2.45, 2.75) is 51.7 Å². The average molecular weight is 290 g/mol. The van der Waals surface area contributed by atoms with E-state index in [0.717, 1.165) is 43.5 Å². The third-order valence-electron chi connectivity index (χ3n) is 4.29. The van der Waals surface area contributed by atoms with Crippen LogP contribution in [0.15, 0.2) is 10.9 Å². The highest BCUT2D eigenvalue weighted by atomic mass is 16.5. The lowest BCUT2D eigenvalue weighted by Gasteiger charge is -2.15. The lowest BCUT2D eigenvalue weighted by Crippen LogP contribution is -2.38. The first-order chi connectivity index (χ1) is 10.1. The van der Waals surface area contributed by atoms with E-state index in [-0.39, 0.29) is 29.2 Å². The van der Waals surface area contributed by atoms with Gasteiger partial charge < -0.3 is 14.6 Å². The molecule has 2 fully saturated rings. The zero-order valence-corrected chi connectivity index (χ0v) is 12.6. The normalized spacial score (nSPS) is 21.5. The molecule has 1 aliphatic heterocycles. The zero-order valence-electron chi connectivity index (χ0n) is 12.6. The van der Waals surface area contributed by atoms with Gasteiger partial charge in [-0.15, -0.1) is 0 Å². The van der Waals surface area contributed by atoms with Gasteiger partial charge >= 0.3 is 0 Å². The van der Waals surface area contributed by atoms with E-state index in [1.807, 2.05) is 19.9 Å². The van der Waals surface area contributed by atoms with Crippen molar-refractivity contribution in [3.63, 3.8) is 0 Å². The molecule has 1 saturated heterocycles. The SMILES string of the molecule is Cc1cc(C)n(C2CC2)c(=O)c1C(=O)NCC1CCCO1. The second-order valence-corrected chi connectivity index (χ2v) is 6.10. The summed E-state index contributed by atoms with van der Waals surface area (Å²) in [6.45, 7) is 5.00. The van der Waals surface area contributed by atoms with E-state index in [1.165, 1.54) is 0 Å². The molecule has 5 heteroatoms. The number of carbonyl (C=O) groups is 1. The summed E-state index contributed by atoms with van der Waals surface area (Å²) < 4.78 is 7.26. The molecular formula is C16H22N2O3. The molecule has 1 N–H and O–H groups in total. The first-order valence-corrected chi connectivity index (χ1v) is 7.70. The van der Waals surface area contributed by atoms with Crippen LogP contribution >= 0.6 is 0 Å². The van der Waals surface area contributed by atoms with Gasteiger partial charge in [-0.2, -0.15) is 0 Å². The first kappa shape index (κ1) is 14.3. The van der Waals surface area contributed by atoms with Gasteiger partial charge in [-0.25, -0.2) is 0 Å². The van der Waals surface area contributed by atoms with Gasteiger partial charge in [0.1, 0.15) is 5.56 Å². The van der Waals surface area contributed by atoms with Crippen LogP contribution in [0.4, 0.5) is 0 Å². The number of ether oxygens (including phenoxy) is 1. The third kappa shape index (κ3) is 2.88. The molecule has 21 heavy (non-hydrogen) atoms. The van der Waals surface area contributed by atoms with Crippen molar-refractivity contribution in [1.29, 1.82) is 0 Å². The predicted octanol–water partition coefficient (Wildman–Crippen LogP) is 1.71. The minimum atomic E-state index is -0.276. The Morgan fingerprint density at radius 2 is 2.14 bits per heavy atom. The smallest absolute Gasteiger partial charge is 0.264 e. The zero-order chi connectivity index (χ0) is 15.0. The molecule has 0 bridgehead atoms. The van der Waals surface area contributed by atoms with E-state index in [9.17, 15) is 9.59 Å². The van der Waals surface area contributed by atoms with E-state index >= 15 is 0 Å². The second kappa shape index (κ2) is 5.64. The maximum atomic E-state index is 12.6. The van der Waals surface area contributed by atoms with E-state index in [1.54, 1.807) is 4.57 Å². The fraction of sp³-hybridized carbons (Fsp3) is 0.625. The monoisotopic (exact) mass is 290 g/mol. The molecule has 1 aromatic rings. The number of aromatic nitrogens is 1. The summed E-state index contributed by atoms with van der Waals surface area (Å²) in [6.07, 6.45) is 4.16. The van der Waals surface area contributed by atoms with Crippen LogP contribution in [0.1, 0.15) is 53.3 Å². The summed E-state index contributed by atoms with van der Waals surface area (Å²) in [5, 5.41) is 2.85. The summed E-state index contributed by atoms with van der Waals surface area (Å²) >= 11 is 0. The molecule has 5 nitrogen and oxygen atoms in total. The summed E-state index contributed by atoms with van der Waals surface area (Å²) in [6, 6.07) is 2.21. The van der Waals surface area contributed by atoms with Crippen LogP contribution in [0.3, 0.4) is 0 Å². The summed E-state index contributed by atoms with van der Waals surface area (Å²) in [5.74, 6) is -0.276. The van der Waals surface area contributed by atoms with Gasteiger partial charge in [-0.3, -0.25) is 9.59 Å². The van der Waals surface area contributed by atoms with Gasteiger partial charge in [-0.1, -0.05) is 0 Å². The Labute approximate surface area is 124 Å². The maximum Gasteiger partial charge on any atom is 0.264 e. The molecule has 3 rings (SSSR count). The fourth-order valence-corrected chi connectivity index (χ4v) is 3.07. The van der Waals surface area contributed by atoms with E-state index < -0.39 is 0 Å². The van der Waals surface area contributed by atoms with Gasteiger partial charge in [0.05, 0.1) is 6.10 Å². The maximum absolute atomic E-state index is 12.6. The number of pyridine rings is 1. The van der Waals surface area contributed by atoms with Crippen molar-refractivity contribution in [2.24, 2.45) is 0 Å². The minimum absolute atomic E-state index is 0.0883. The molecule has 2 heterocycles. The number of aryl methyl sites for hydroxylation is 2. The van der Waals surface area contributed by atoms with Crippen molar-refractivity contribution >= 4 is 5.91 Å². The Morgan fingerprint density at radius 1 is 1.38 bits per heavy atom. The Morgan fingerprint density at radius 3 is 2.76 bits per heavy atom. The molecule has 1 amide bonds. The molecule has 0 aromatic carbocycles. The molecule has 1 atom stereocenters. The van der Waals surface area contributed by atoms with Crippen LogP contribution in [0.25, 0.3) is 0 Å². The van der Waals surface area contributed by atoms with Crippen molar-refractivity contribution in [2.75, 3.05) is 13.2 Å². The summed E-state index contributed by atoms with van der Waals surface area (Å²) in [5.41, 5.74) is 1.82. The van der Waals surface area contributed by atoms with Crippen LogP contribution < -0.4 is 10.9 Å². The molecule has 0 radical (unpaired) electrons. The first-order valence-electron chi connectivity index (χ1n) is 7.70. The number of rotatable bonds is 4.